The lowest BCUT2D eigenvalue weighted by atomic mass is 10.0. The van der Waals surface area contributed by atoms with E-state index in [-0.39, 0.29) is 34.4 Å². The molecule has 2 aromatic carbocycles. The van der Waals surface area contributed by atoms with Gasteiger partial charge < -0.3 is 19.5 Å². The number of aromatic hydroxyl groups is 1. The molecule has 1 aliphatic heterocycles. The normalized spacial score (nSPS) is 14.9. The van der Waals surface area contributed by atoms with Crippen LogP contribution < -0.4 is 10.3 Å². The van der Waals surface area contributed by atoms with E-state index in [1.165, 1.54) is 18.2 Å². The number of hydrogen-bond donors (Lipinski definition) is 1. The molecular formula is C25H24F3N3O3. The van der Waals surface area contributed by atoms with Gasteiger partial charge in [0.25, 0.3) is 0 Å². The lowest BCUT2D eigenvalue weighted by Crippen LogP contribution is -2.45. The molecule has 0 aliphatic carbocycles. The zero-order chi connectivity index (χ0) is 24.4. The second kappa shape index (κ2) is 9.72. The molecule has 0 bridgehead atoms. The number of pyridine rings is 1. The van der Waals surface area contributed by atoms with E-state index in [0.29, 0.717) is 31.7 Å². The van der Waals surface area contributed by atoms with Crippen molar-refractivity contribution in [2.45, 2.75) is 6.54 Å². The monoisotopic (exact) mass is 471 g/mol. The molecule has 0 amide bonds. The number of carbonyl (C=O) groups excluding carboxylic acids is 1. The predicted octanol–water partition coefficient (Wildman–Crippen LogP) is 3.60. The van der Waals surface area contributed by atoms with Gasteiger partial charge in [-0.1, -0.05) is 18.2 Å². The molecule has 6 nitrogen and oxygen atoms in total. The molecule has 0 unspecified atom stereocenters. The number of fused-ring (bicyclic) bond motifs is 1. The van der Waals surface area contributed by atoms with E-state index in [4.69, 9.17) is 0 Å². The lowest BCUT2D eigenvalue weighted by molar-refractivity contribution is 0.104. The molecule has 0 saturated carbocycles. The highest BCUT2D eigenvalue weighted by atomic mass is 19.1. The minimum Gasteiger partial charge on any atom is -0.508 e. The molecule has 178 valence electrons. The number of phenols is 1. The highest BCUT2D eigenvalue weighted by Gasteiger charge is 2.26. The summed E-state index contributed by atoms with van der Waals surface area (Å²) in [5.41, 5.74) is -1.02. The Bertz CT molecular complexity index is 1310. The van der Waals surface area contributed by atoms with Crippen molar-refractivity contribution in [3.05, 3.63) is 75.6 Å². The van der Waals surface area contributed by atoms with Crippen molar-refractivity contribution in [1.29, 1.82) is 0 Å². The first-order valence-electron chi connectivity index (χ1n) is 10.9. The summed E-state index contributed by atoms with van der Waals surface area (Å²) >= 11 is 0. The Morgan fingerprint density at radius 2 is 1.79 bits per heavy atom. The molecule has 1 N–H and O–H groups in total. The van der Waals surface area contributed by atoms with Crippen molar-refractivity contribution in [2.75, 3.05) is 44.8 Å². The zero-order valence-corrected chi connectivity index (χ0v) is 18.6. The van der Waals surface area contributed by atoms with E-state index in [9.17, 15) is 19.1 Å². The maximum absolute atomic E-state index is 15.6. The third-order valence-electron chi connectivity index (χ3n) is 5.96. The molecule has 0 radical (unpaired) electrons. The number of aryl methyl sites for hydroxylation is 1. The molecule has 9 heteroatoms. The van der Waals surface area contributed by atoms with E-state index in [1.54, 1.807) is 17.0 Å². The standard InChI is InChI=1S/C25H24F3N3O3/c1-29-10-12-30(13-11-29)24-20(27)14-18-23(22(24)28)31(9-8-26)15-19(25(18)34)21(33)7-4-16-2-5-17(32)6-3-16/h2-7,14-15,32H,8-13H2,1H3. The van der Waals surface area contributed by atoms with Crippen molar-refractivity contribution in [3.8, 4) is 5.75 Å². The third kappa shape index (κ3) is 4.56. The van der Waals surface area contributed by atoms with Crippen LogP contribution in [0.5, 0.6) is 5.75 Å². The third-order valence-corrected chi connectivity index (χ3v) is 5.96. The highest BCUT2D eigenvalue weighted by molar-refractivity contribution is 6.08. The first kappa shape index (κ1) is 23.6. The second-order valence-electron chi connectivity index (χ2n) is 8.25. The van der Waals surface area contributed by atoms with Crippen molar-refractivity contribution >= 4 is 28.4 Å². The van der Waals surface area contributed by atoms with Gasteiger partial charge in [0.05, 0.1) is 23.0 Å². The number of hydrogen-bond acceptors (Lipinski definition) is 5. The van der Waals surface area contributed by atoms with E-state index < -0.39 is 29.5 Å². The summed E-state index contributed by atoms with van der Waals surface area (Å²) in [6.45, 7) is 0.882. The fourth-order valence-electron chi connectivity index (χ4n) is 4.09. The van der Waals surface area contributed by atoms with E-state index in [2.05, 4.69) is 0 Å². The summed E-state index contributed by atoms with van der Waals surface area (Å²) in [6.07, 6.45) is 3.73. The number of halogens is 3. The van der Waals surface area contributed by atoms with Gasteiger partial charge in [0.2, 0.25) is 5.43 Å². The number of phenolic OH excluding ortho intramolecular Hbond substituents is 1. The Hall–Kier alpha value is -3.59. The minimum absolute atomic E-state index is 0.0621. The Kier molecular flexibility index (Phi) is 6.74. The van der Waals surface area contributed by atoms with Gasteiger partial charge >= 0.3 is 0 Å². The van der Waals surface area contributed by atoms with Crippen LogP contribution in [0.25, 0.3) is 17.0 Å². The van der Waals surface area contributed by atoms with Crippen LogP contribution in [0.3, 0.4) is 0 Å². The first-order valence-corrected chi connectivity index (χ1v) is 10.9. The van der Waals surface area contributed by atoms with E-state index >= 15 is 8.78 Å². The number of nitrogens with zero attached hydrogens (tertiary/aromatic N) is 3. The molecule has 0 atom stereocenters. The Balaban J connectivity index is 1.80. The summed E-state index contributed by atoms with van der Waals surface area (Å²) in [6, 6.07) is 6.97. The van der Waals surface area contributed by atoms with Gasteiger partial charge in [-0.05, 0) is 36.9 Å². The minimum atomic E-state index is -0.941. The molecule has 1 aliphatic rings. The molecule has 0 spiro atoms. The van der Waals surface area contributed by atoms with Crippen LogP contribution in [0.2, 0.25) is 0 Å². The zero-order valence-electron chi connectivity index (χ0n) is 18.6. The largest absolute Gasteiger partial charge is 0.508 e. The van der Waals surface area contributed by atoms with Crippen LogP contribution in [0.1, 0.15) is 15.9 Å². The molecule has 3 aromatic rings. The molecular weight excluding hydrogens is 447 g/mol. The van der Waals surface area contributed by atoms with Crippen molar-refractivity contribution in [3.63, 3.8) is 0 Å². The second-order valence-corrected chi connectivity index (χ2v) is 8.25. The molecule has 1 fully saturated rings. The van der Waals surface area contributed by atoms with Crippen molar-refractivity contribution in [1.82, 2.24) is 9.47 Å². The van der Waals surface area contributed by atoms with Gasteiger partial charge in [0.1, 0.15) is 23.9 Å². The van der Waals surface area contributed by atoms with Crippen molar-refractivity contribution in [2.24, 2.45) is 0 Å². The van der Waals surface area contributed by atoms with Crippen LogP contribution in [-0.2, 0) is 6.54 Å². The number of carbonyl (C=O) groups is 1. The van der Waals surface area contributed by atoms with Gasteiger partial charge in [-0.2, -0.15) is 0 Å². The van der Waals surface area contributed by atoms with Gasteiger partial charge in [0, 0.05) is 32.4 Å². The van der Waals surface area contributed by atoms with Crippen molar-refractivity contribution < 1.29 is 23.1 Å². The highest BCUT2D eigenvalue weighted by Crippen LogP contribution is 2.31. The topological polar surface area (TPSA) is 65.8 Å². The average molecular weight is 471 g/mol. The summed E-state index contributed by atoms with van der Waals surface area (Å²) < 4.78 is 45.2. The van der Waals surface area contributed by atoms with Crippen LogP contribution in [0.4, 0.5) is 18.9 Å². The summed E-state index contributed by atoms with van der Waals surface area (Å²) in [4.78, 5) is 29.5. The quantitative estimate of drug-likeness (QED) is 0.440. The number of piperazine rings is 1. The van der Waals surface area contributed by atoms with Crippen LogP contribution in [0, 0.1) is 11.6 Å². The number of aromatic nitrogens is 1. The number of ketones is 1. The smallest absolute Gasteiger partial charge is 0.200 e. The number of allylic oxidation sites excluding steroid dienone is 1. The molecule has 1 saturated heterocycles. The first-order chi connectivity index (χ1) is 16.3. The number of alkyl halides is 1. The molecule has 2 heterocycles. The SMILES string of the molecule is CN1CCN(c2c(F)cc3c(=O)c(C(=O)C=Cc4ccc(O)cc4)cn(CCF)c3c2F)CC1. The predicted molar refractivity (Wildman–Crippen MR) is 125 cm³/mol. The fourth-order valence-corrected chi connectivity index (χ4v) is 4.09. The summed E-state index contributed by atoms with van der Waals surface area (Å²) in [5.74, 6) is -2.46. The van der Waals surface area contributed by atoms with E-state index in [0.717, 1.165) is 22.9 Å². The van der Waals surface area contributed by atoms with Crippen LogP contribution >= 0.6 is 0 Å². The molecule has 1 aromatic heterocycles. The van der Waals surface area contributed by atoms with E-state index in [1.807, 2.05) is 11.9 Å². The van der Waals surface area contributed by atoms with Gasteiger partial charge in [-0.3, -0.25) is 9.59 Å². The summed E-state index contributed by atoms with van der Waals surface area (Å²) in [5, 5.41) is 9.04. The lowest BCUT2D eigenvalue weighted by Gasteiger charge is -2.34. The fraction of sp³-hybridized carbons (Fsp3) is 0.280. The summed E-state index contributed by atoms with van der Waals surface area (Å²) in [7, 11) is 1.91. The van der Waals surface area contributed by atoms with Crippen LogP contribution in [-0.4, -0.2) is 60.3 Å². The molecule has 4 rings (SSSR count). The Morgan fingerprint density at radius 3 is 2.44 bits per heavy atom. The molecule has 34 heavy (non-hydrogen) atoms. The number of likely N-dealkylation sites (N-methyl/N-ethyl adjacent to an activating group) is 1. The number of benzene rings is 2. The van der Waals surface area contributed by atoms with Gasteiger partial charge in [-0.25, -0.2) is 13.2 Å². The van der Waals surface area contributed by atoms with Crippen LogP contribution in [0.15, 0.2) is 47.4 Å². The number of anilines is 1. The number of rotatable bonds is 6. The van der Waals surface area contributed by atoms with Gasteiger partial charge in [-0.15, -0.1) is 0 Å². The Morgan fingerprint density at radius 1 is 1.12 bits per heavy atom. The average Bonchev–Trinajstić information content (AvgIpc) is 2.81. The Labute approximate surface area is 194 Å². The maximum atomic E-state index is 15.6. The maximum Gasteiger partial charge on any atom is 0.200 e. The van der Waals surface area contributed by atoms with Gasteiger partial charge in [0.15, 0.2) is 11.6 Å².